The van der Waals surface area contributed by atoms with Gasteiger partial charge in [0.1, 0.15) is 13.4 Å². The second kappa shape index (κ2) is 9.16. The van der Waals surface area contributed by atoms with Crippen LogP contribution in [0, 0.1) is 0 Å². The summed E-state index contributed by atoms with van der Waals surface area (Å²) in [6.07, 6.45) is 3.29. The molecular formula is C27H26BClN2O4S. The molecule has 184 valence electrons. The number of fused-ring (bicyclic) bond motifs is 2. The van der Waals surface area contributed by atoms with Gasteiger partial charge in [0.05, 0.1) is 16.8 Å². The van der Waals surface area contributed by atoms with Gasteiger partial charge in [-0.05, 0) is 68.3 Å². The Morgan fingerprint density at radius 2 is 1.94 bits per heavy atom. The maximum absolute atomic E-state index is 13.2. The quantitative estimate of drug-likeness (QED) is 0.322. The van der Waals surface area contributed by atoms with E-state index in [1.165, 1.54) is 0 Å². The number of amides is 1. The lowest BCUT2D eigenvalue weighted by atomic mass is 9.94. The minimum absolute atomic E-state index is 0.0694. The molecule has 6 nitrogen and oxygen atoms in total. The normalized spacial score (nSPS) is 13.9. The first-order valence-electron chi connectivity index (χ1n) is 11.8. The second-order valence-corrected chi connectivity index (χ2v) is 11.6. The monoisotopic (exact) mass is 520 g/mol. The summed E-state index contributed by atoms with van der Waals surface area (Å²) in [4.78, 5) is 26.3. The predicted octanol–water partition coefficient (Wildman–Crippen LogP) is 5.88. The molecule has 1 aliphatic rings. The maximum Gasteiger partial charge on any atom is 0.415 e. The first-order valence-corrected chi connectivity index (χ1v) is 13.1. The van der Waals surface area contributed by atoms with Gasteiger partial charge in [0.25, 0.3) is 0 Å². The Morgan fingerprint density at radius 1 is 1.19 bits per heavy atom. The first-order chi connectivity index (χ1) is 17.0. The van der Waals surface area contributed by atoms with Crippen LogP contribution in [-0.2, 0) is 22.5 Å². The average molecular weight is 521 g/mol. The number of carbonyl (C=O) groups excluding carboxylic acids is 1. The fourth-order valence-corrected chi connectivity index (χ4v) is 5.80. The zero-order chi connectivity index (χ0) is 25.8. The van der Waals surface area contributed by atoms with Crippen molar-refractivity contribution in [1.29, 1.82) is 0 Å². The van der Waals surface area contributed by atoms with Crippen molar-refractivity contribution < 1.29 is 19.4 Å². The highest BCUT2D eigenvalue weighted by Gasteiger charge is 2.37. The van der Waals surface area contributed by atoms with E-state index in [-0.39, 0.29) is 18.6 Å². The number of carbonyl (C=O) groups is 2. The Hall–Kier alpha value is -2.97. The molecule has 0 saturated heterocycles. The van der Waals surface area contributed by atoms with Gasteiger partial charge in [-0.15, -0.1) is 11.3 Å². The Labute approximate surface area is 219 Å². The van der Waals surface area contributed by atoms with Gasteiger partial charge in [-0.3, -0.25) is 9.69 Å². The van der Waals surface area contributed by atoms with Crippen molar-refractivity contribution in [3.05, 3.63) is 58.1 Å². The smallest absolute Gasteiger partial charge is 0.415 e. The number of halogens is 1. The highest BCUT2D eigenvalue weighted by atomic mass is 35.5. The van der Waals surface area contributed by atoms with E-state index < -0.39 is 11.6 Å². The van der Waals surface area contributed by atoms with E-state index in [1.54, 1.807) is 22.3 Å². The van der Waals surface area contributed by atoms with Crippen LogP contribution in [0.3, 0.4) is 0 Å². The SMILES string of the molecule is [B]c1ccc2c(CC(=O)O)cn(Cc3csc4c(N(C(=O)OC(C)(C)C)C5CC5)cc(Cl)cc34)c2c1. The number of nitrogens with zero attached hydrogens (tertiary/aromatic N) is 2. The van der Waals surface area contributed by atoms with E-state index in [1.807, 2.05) is 55.8 Å². The first kappa shape index (κ1) is 24.7. The maximum atomic E-state index is 13.2. The summed E-state index contributed by atoms with van der Waals surface area (Å²) >= 11 is 8.14. The van der Waals surface area contributed by atoms with Gasteiger partial charge in [0.2, 0.25) is 0 Å². The van der Waals surface area contributed by atoms with Gasteiger partial charge in [0.15, 0.2) is 0 Å². The number of carboxylic acid groups (broad SMARTS) is 1. The van der Waals surface area contributed by atoms with Gasteiger partial charge in [0, 0.05) is 40.1 Å². The lowest BCUT2D eigenvalue weighted by Crippen LogP contribution is -2.38. The minimum Gasteiger partial charge on any atom is -0.481 e. The molecule has 2 aromatic heterocycles. The molecule has 0 bridgehead atoms. The predicted molar refractivity (Wildman–Crippen MR) is 146 cm³/mol. The van der Waals surface area contributed by atoms with Crippen LogP contribution in [0.25, 0.3) is 21.0 Å². The Balaban J connectivity index is 1.57. The third-order valence-corrected chi connectivity index (χ3v) is 7.42. The van der Waals surface area contributed by atoms with Crippen LogP contribution < -0.4 is 10.4 Å². The molecule has 9 heteroatoms. The van der Waals surface area contributed by atoms with Gasteiger partial charge in [-0.1, -0.05) is 29.2 Å². The molecule has 1 aliphatic carbocycles. The topological polar surface area (TPSA) is 71.8 Å². The summed E-state index contributed by atoms with van der Waals surface area (Å²) in [5.41, 5.74) is 3.41. The van der Waals surface area contributed by atoms with Gasteiger partial charge in [-0.2, -0.15) is 0 Å². The van der Waals surface area contributed by atoms with Crippen LogP contribution in [-0.4, -0.2) is 41.2 Å². The zero-order valence-electron chi connectivity index (χ0n) is 20.4. The number of rotatable bonds is 6. The molecule has 1 amide bonds. The van der Waals surface area contributed by atoms with Crippen LogP contribution in [0.2, 0.25) is 5.02 Å². The van der Waals surface area contributed by atoms with Crippen molar-refractivity contribution in [3.63, 3.8) is 0 Å². The number of hydrogen-bond donors (Lipinski definition) is 1. The van der Waals surface area contributed by atoms with Crippen molar-refractivity contribution in [2.45, 2.75) is 58.2 Å². The molecule has 1 N–H and O–H groups in total. The molecule has 0 unspecified atom stereocenters. The van der Waals surface area contributed by atoms with Crippen molar-refractivity contribution in [1.82, 2.24) is 4.57 Å². The summed E-state index contributed by atoms with van der Waals surface area (Å²) in [5, 5.41) is 13.8. The zero-order valence-corrected chi connectivity index (χ0v) is 21.9. The van der Waals surface area contributed by atoms with Gasteiger partial charge in [-0.25, -0.2) is 4.79 Å². The van der Waals surface area contributed by atoms with E-state index in [9.17, 15) is 14.7 Å². The average Bonchev–Trinajstić information content (AvgIpc) is 3.43. The lowest BCUT2D eigenvalue weighted by molar-refractivity contribution is -0.136. The van der Waals surface area contributed by atoms with Crippen molar-refractivity contribution in [2.75, 3.05) is 4.90 Å². The molecule has 0 atom stereocenters. The van der Waals surface area contributed by atoms with Crippen molar-refractivity contribution in [3.8, 4) is 0 Å². The molecule has 0 spiro atoms. The van der Waals surface area contributed by atoms with E-state index in [0.717, 1.165) is 50.6 Å². The number of benzene rings is 2. The Kier molecular flexibility index (Phi) is 6.29. The van der Waals surface area contributed by atoms with Crippen LogP contribution in [0.4, 0.5) is 10.5 Å². The largest absolute Gasteiger partial charge is 0.481 e. The number of anilines is 1. The number of thiophene rings is 1. The van der Waals surface area contributed by atoms with Crippen molar-refractivity contribution in [2.24, 2.45) is 0 Å². The van der Waals surface area contributed by atoms with Crippen LogP contribution >= 0.6 is 22.9 Å². The minimum atomic E-state index is -0.884. The summed E-state index contributed by atoms with van der Waals surface area (Å²) in [7, 11) is 6.05. The third-order valence-electron chi connectivity index (χ3n) is 6.13. The Bertz CT molecular complexity index is 1500. The highest BCUT2D eigenvalue weighted by molar-refractivity contribution is 7.18. The number of aromatic nitrogens is 1. The molecule has 1 fully saturated rings. The van der Waals surface area contributed by atoms with Gasteiger partial charge >= 0.3 is 12.1 Å². The molecule has 36 heavy (non-hydrogen) atoms. The lowest BCUT2D eigenvalue weighted by Gasteiger charge is -2.28. The molecule has 1 saturated carbocycles. The van der Waals surface area contributed by atoms with E-state index in [2.05, 4.69) is 5.38 Å². The molecular weight excluding hydrogens is 495 g/mol. The van der Waals surface area contributed by atoms with Crippen LogP contribution in [0.1, 0.15) is 44.7 Å². The summed E-state index contributed by atoms with van der Waals surface area (Å²) < 4.78 is 8.72. The van der Waals surface area contributed by atoms with Crippen molar-refractivity contribution >= 4 is 75.0 Å². The number of ether oxygens (including phenoxy) is 1. The molecule has 2 aromatic carbocycles. The molecule has 2 heterocycles. The summed E-state index contributed by atoms with van der Waals surface area (Å²) in [6, 6.07) is 9.38. The second-order valence-electron chi connectivity index (χ2n) is 10.3. The summed E-state index contributed by atoms with van der Waals surface area (Å²) in [6.45, 7) is 6.09. The molecule has 0 aliphatic heterocycles. The number of aliphatic carboxylic acids is 1. The van der Waals surface area contributed by atoms with E-state index in [0.29, 0.717) is 17.0 Å². The fraction of sp³-hybridized carbons (Fsp3) is 0.333. The van der Waals surface area contributed by atoms with Crippen LogP contribution in [0.15, 0.2) is 41.9 Å². The van der Waals surface area contributed by atoms with E-state index in [4.69, 9.17) is 24.2 Å². The summed E-state index contributed by atoms with van der Waals surface area (Å²) in [5.74, 6) is -0.884. The van der Waals surface area contributed by atoms with Gasteiger partial charge < -0.3 is 14.4 Å². The molecule has 5 rings (SSSR count). The number of hydrogen-bond acceptors (Lipinski definition) is 4. The Morgan fingerprint density at radius 3 is 2.61 bits per heavy atom. The fourth-order valence-electron chi connectivity index (χ4n) is 4.53. The molecule has 4 aromatic rings. The molecule has 2 radical (unpaired) electrons. The number of carboxylic acids is 1. The third kappa shape index (κ3) is 4.97. The standard InChI is InChI=1S/C27H26BClN2O4S/c1-27(2,3)35-26(34)31(19-5-6-19)23-11-18(29)10-21-16(14-36-25(21)23)13-30-12-15(8-24(32)33)20-7-4-17(28)9-22(20)30/h4,7,9-12,14,19H,5-6,8,13H2,1-3H3,(H,32,33). The van der Waals surface area contributed by atoms with Crippen LogP contribution in [0.5, 0.6) is 0 Å². The highest BCUT2D eigenvalue weighted by Crippen LogP contribution is 2.42. The van der Waals surface area contributed by atoms with E-state index >= 15 is 0 Å².